The average molecular weight is 355 g/mol. The van der Waals surface area contributed by atoms with Crippen molar-refractivity contribution in [2.45, 2.75) is 12.5 Å². The van der Waals surface area contributed by atoms with E-state index in [1.54, 1.807) is 38.5 Å². The molecule has 3 nitrogen and oxygen atoms in total. The highest BCUT2D eigenvalue weighted by molar-refractivity contribution is 9.10. The fourth-order valence-corrected chi connectivity index (χ4v) is 2.72. The maximum atomic E-state index is 13.1. The van der Waals surface area contributed by atoms with Crippen molar-refractivity contribution in [3.05, 3.63) is 57.8 Å². The molecule has 1 unspecified atom stereocenters. The van der Waals surface area contributed by atoms with Crippen molar-refractivity contribution in [2.24, 2.45) is 0 Å². The molecule has 0 bridgehead atoms. The summed E-state index contributed by atoms with van der Waals surface area (Å²) in [5.74, 6) is 0.787. The van der Waals surface area contributed by atoms with Crippen molar-refractivity contribution in [3.8, 4) is 11.5 Å². The Hall–Kier alpha value is -1.59. The predicted molar refractivity (Wildman–Crippen MR) is 82.3 cm³/mol. The van der Waals surface area contributed by atoms with Gasteiger partial charge in [-0.1, -0.05) is 28.1 Å². The second-order valence-corrected chi connectivity index (χ2v) is 5.39. The molecule has 1 N–H and O–H groups in total. The molecule has 0 aliphatic carbocycles. The van der Waals surface area contributed by atoms with Gasteiger partial charge in [-0.3, -0.25) is 0 Å². The van der Waals surface area contributed by atoms with Crippen LogP contribution in [0.1, 0.15) is 17.2 Å². The van der Waals surface area contributed by atoms with Crippen LogP contribution in [0.25, 0.3) is 0 Å². The Balaban J connectivity index is 2.33. The van der Waals surface area contributed by atoms with Crippen molar-refractivity contribution in [3.63, 3.8) is 0 Å². The van der Waals surface area contributed by atoms with Crippen LogP contribution in [0.3, 0.4) is 0 Å². The van der Waals surface area contributed by atoms with Crippen LogP contribution in [0.2, 0.25) is 0 Å². The Bertz CT molecular complexity index is 609. The van der Waals surface area contributed by atoms with Crippen molar-refractivity contribution < 1.29 is 19.0 Å². The maximum absolute atomic E-state index is 13.1. The van der Waals surface area contributed by atoms with Crippen molar-refractivity contribution >= 4 is 15.9 Å². The van der Waals surface area contributed by atoms with Gasteiger partial charge in [0.2, 0.25) is 0 Å². The van der Waals surface area contributed by atoms with Gasteiger partial charge in [0.15, 0.2) is 0 Å². The number of benzene rings is 2. The monoisotopic (exact) mass is 354 g/mol. The molecule has 0 saturated heterocycles. The predicted octanol–water partition coefficient (Wildman–Crippen LogP) is 3.88. The third-order valence-electron chi connectivity index (χ3n) is 3.23. The molecule has 2 aromatic carbocycles. The lowest BCUT2D eigenvalue weighted by Gasteiger charge is -2.18. The van der Waals surface area contributed by atoms with Gasteiger partial charge in [0, 0.05) is 10.9 Å². The van der Waals surface area contributed by atoms with Gasteiger partial charge in [-0.2, -0.15) is 0 Å². The molecule has 21 heavy (non-hydrogen) atoms. The van der Waals surface area contributed by atoms with Crippen LogP contribution in [0.5, 0.6) is 11.5 Å². The van der Waals surface area contributed by atoms with E-state index in [0.29, 0.717) is 28.0 Å². The number of aliphatic hydroxyl groups is 1. The van der Waals surface area contributed by atoms with Gasteiger partial charge in [0.05, 0.1) is 25.9 Å². The standard InChI is InChI=1S/C16H16BrFO3/c1-20-14-4-3-5-15(21-2)16(14)13(19)8-10-6-7-11(18)9-12(10)17/h3-7,9,13,19H,8H2,1-2H3. The third kappa shape index (κ3) is 3.54. The number of halogens is 2. The van der Waals surface area contributed by atoms with Crippen molar-refractivity contribution in [1.29, 1.82) is 0 Å². The van der Waals surface area contributed by atoms with Gasteiger partial charge in [-0.25, -0.2) is 4.39 Å². The normalized spacial score (nSPS) is 12.0. The molecule has 0 amide bonds. The van der Waals surface area contributed by atoms with Gasteiger partial charge in [0.1, 0.15) is 17.3 Å². The zero-order chi connectivity index (χ0) is 15.4. The average Bonchev–Trinajstić information content (AvgIpc) is 2.49. The molecule has 0 aliphatic rings. The van der Waals surface area contributed by atoms with Crippen LogP contribution >= 0.6 is 15.9 Å². The minimum absolute atomic E-state index is 0.317. The number of methoxy groups -OCH3 is 2. The maximum Gasteiger partial charge on any atom is 0.128 e. The summed E-state index contributed by atoms with van der Waals surface area (Å²) in [6, 6.07) is 9.71. The minimum atomic E-state index is -0.821. The first kappa shape index (κ1) is 15.8. The van der Waals surface area contributed by atoms with E-state index in [1.807, 2.05) is 0 Å². The van der Waals surface area contributed by atoms with E-state index >= 15 is 0 Å². The second-order valence-electron chi connectivity index (χ2n) is 4.53. The van der Waals surface area contributed by atoms with Crippen LogP contribution in [-0.2, 0) is 6.42 Å². The molecule has 0 radical (unpaired) electrons. The Morgan fingerprint density at radius 3 is 2.29 bits per heavy atom. The number of aliphatic hydroxyl groups excluding tert-OH is 1. The lowest BCUT2D eigenvalue weighted by Crippen LogP contribution is -2.07. The van der Waals surface area contributed by atoms with E-state index in [9.17, 15) is 9.50 Å². The highest BCUT2D eigenvalue weighted by atomic mass is 79.9. The van der Waals surface area contributed by atoms with E-state index in [2.05, 4.69) is 15.9 Å². The van der Waals surface area contributed by atoms with E-state index in [1.165, 1.54) is 12.1 Å². The quantitative estimate of drug-likeness (QED) is 0.885. The molecule has 0 aromatic heterocycles. The Kier molecular flexibility index (Phi) is 5.20. The number of hydrogen-bond acceptors (Lipinski definition) is 3. The van der Waals surface area contributed by atoms with Crippen molar-refractivity contribution in [2.75, 3.05) is 14.2 Å². The summed E-state index contributed by atoms with van der Waals surface area (Å²) in [6.45, 7) is 0. The molecule has 0 aliphatic heterocycles. The summed E-state index contributed by atoms with van der Waals surface area (Å²) < 4.78 is 24.3. The first-order valence-electron chi connectivity index (χ1n) is 6.39. The van der Waals surface area contributed by atoms with Crippen LogP contribution in [0, 0.1) is 5.82 Å². The lowest BCUT2D eigenvalue weighted by atomic mass is 9.99. The molecular formula is C16H16BrFO3. The van der Waals surface area contributed by atoms with Gasteiger partial charge < -0.3 is 14.6 Å². The van der Waals surface area contributed by atoms with Crippen LogP contribution < -0.4 is 9.47 Å². The fourth-order valence-electron chi connectivity index (χ4n) is 2.21. The molecule has 1 atom stereocenters. The SMILES string of the molecule is COc1cccc(OC)c1C(O)Cc1ccc(F)cc1Br. The summed E-state index contributed by atoms with van der Waals surface area (Å²) >= 11 is 3.31. The van der Waals surface area contributed by atoms with E-state index < -0.39 is 6.10 Å². The zero-order valence-electron chi connectivity index (χ0n) is 11.8. The second kappa shape index (κ2) is 6.91. The molecule has 2 aromatic rings. The number of ether oxygens (including phenoxy) is 2. The summed E-state index contributed by atoms with van der Waals surface area (Å²) in [6.07, 6.45) is -0.504. The zero-order valence-corrected chi connectivity index (χ0v) is 13.4. The molecule has 5 heteroatoms. The summed E-state index contributed by atoms with van der Waals surface area (Å²) in [4.78, 5) is 0. The largest absolute Gasteiger partial charge is 0.496 e. The smallest absolute Gasteiger partial charge is 0.128 e. The fraction of sp³-hybridized carbons (Fsp3) is 0.250. The molecule has 2 rings (SSSR count). The van der Waals surface area contributed by atoms with Crippen molar-refractivity contribution in [1.82, 2.24) is 0 Å². The van der Waals surface area contributed by atoms with E-state index in [4.69, 9.17) is 9.47 Å². The first-order chi connectivity index (χ1) is 10.1. The van der Waals surface area contributed by atoms with Crippen LogP contribution in [0.15, 0.2) is 40.9 Å². The van der Waals surface area contributed by atoms with Gasteiger partial charge >= 0.3 is 0 Å². The Morgan fingerprint density at radius 1 is 1.14 bits per heavy atom. The number of hydrogen-bond donors (Lipinski definition) is 1. The highest BCUT2D eigenvalue weighted by Gasteiger charge is 2.20. The molecular weight excluding hydrogens is 339 g/mol. The molecule has 0 spiro atoms. The molecule has 0 saturated carbocycles. The Morgan fingerprint density at radius 2 is 1.76 bits per heavy atom. The minimum Gasteiger partial charge on any atom is -0.496 e. The topological polar surface area (TPSA) is 38.7 Å². The van der Waals surface area contributed by atoms with Crippen LogP contribution in [0.4, 0.5) is 4.39 Å². The lowest BCUT2D eigenvalue weighted by molar-refractivity contribution is 0.169. The van der Waals surface area contributed by atoms with Gasteiger partial charge in [-0.05, 0) is 29.8 Å². The number of rotatable bonds is 5. The van der Waals surface area contributed by atoms with Gasteiger partial charge in [-0.15, -0.1) is 0 Å². The summed E-state index contributed by atoms with van der Waals surface area (Å²) in [5, 5.41) is 10.5. The highest BCUT2D eigenvalue weighted by Crippen LogP contribution is 2.36. The van der Waals surface area contributed by atoms with Gasteiger partial charge in [0.25, 0.3) is 0 Å². The van der Waals surface area contributed by atoms with E-state index in [-0.39, 0.29) is 5.82 Å². The summed E-state index contributed by atoms with van der Waals surface area (Å²) in [7, 11) is 3.08. The van der Waals surface area contributed by atoms with E-state index in [0.717, 1.165) is 5.56 Å². The Labute approximate surface area is 131 Å². The first-order valence-corrected chi connectivity index (χ1v) is 7.19. The molecule has 0 fully saturated rings. The molecule has 0 heterocycles. The third-order valence-corrected chi connectivity index (χ3v) is 3.97. The summed E-state index contributed by atoms with van der Waals surface area (Å²) in [5.41, 5.74) is 1.38. The molecule has 112 valence electrons. The van der Waals surface area contributed by atoms with Crippen LogP contribution in [-0.4, -0.2) is 19.3 Å².